The molecule has 0 atom stereocenters. The Kier molecular flexibility index (Phi) is 6.60. The van der Waals surface area contributed by atoms with Gasteiger partial charge in [0.2, 0.25) is 0 Å². The van der Waals surface area contributed by atoms with Crippen molar-refractivity contribution in [1.29, 1.82) is 0 Å². The molecular weight excluding hydrogens is 208 g/mol. The van der Waals surface area contributed by atoms with Crippen molar-refractivity contribution < 1.29 is 0 Å². The largest absolute Gasteiger partial charge is 0.330 e. The topological polar surface area (TPSA) is 29.3 Å². The summed E-state index contributed by atoms with van der Waals surface area (Å²) in [6.45, 7) is 9.81. The minimum Gasteiger partial charge on any atom is -0.330 e. The molecule has 0 unspecified atom stereocenters. The molecule has 1 rings (SSSR count). The predicted molar refractivity (Wildman–Crippen MR) is 75.0 cm³/mol. The van der Waals surface area contributed by atoms with Crippen LogP contribution >= 0.6 is 0 Å². The van der Waals surface area contributed by atoms with Crippen LogP contribution in [0.5, 0.6) is 0 Å². The van der Waals surface area contributed by atoms with E-state index in [-0.39, 0.29) is 0 Å². The van der Waals surface area contributed by atoms with E-state index in [4.69, 9.17) is 5.73 Å². The lowest BCUT2D eigenvalue weighted by molar-refractivity contribution is 0.294. The van der Waals surface area contributed by atoms with Gasteiger partial charge < -0.3 is 5.73 Å². The third kappa shape index (κ3) is 4.72. The lowest BCUT2D eigenvalue weighted by Gasteiger charge is -2.21. The van der Waals surface area contributed by atoms with Gasteiger partial charge in [-0.3, -0.25) is 4.90 Å². The second kappa shape index (κ2) is 8.04. The summed E-state index contributed by atoms with van der Waals surface area (Å²) in [5.74, 6) is 0. The Bertz CT molecular complexity index is 333. The van der Waals surface area contributed by atoms with Gasteiger partial charge in [-0.15, -0.1) is 6.58 Å². The maximum absolute atomic E-state index is 5.65. The summed E-state index contributed by atoms with van der Waals surface area (Å²) in [6, 6.07) is 8.58. The summed E-state index contributed by atoms with van der Waals surface area (Å²) in [5.41, 5.74) is 8.42. The average Bonchev–Trinajstić information content (AvgIpc) is 2.33. The number of nitrogens with two attached hydrogens (primary N) is 1. The molecule has 0 fully saturated rings. The second-order valence-corrected chi connectivity index (χ2v) is 4.33. The zero-order chi connectivity index (χ0) is 12.5. The number of benzene rings is 1. The van der Waals surface area contributed by atoms with Crippen molar-refractivity contribution >= 4 is 0 Å². The molecule has 0 aliphatic heterocycles. The predicted octanol–water partition coefficient (Wildman–Crippen LogP) is 2.59. The van der Waals surface area contributed by atoms with Crippen molar-refractivity contribution in [3.63, 3.8) is 0 Å². The van der Waals surface area contributed by atoms with E-state index in [0.717, 1.165) is 26.1 Å². The fourth-order valence-electron chi connectivity index (χ4n) is 2.09. The molecule has 2 N–H and O–H groups in total. The van der Waals surface area contributed by atoms with E-state index in [1.165, 1.54) is 17.5 Å². The van der Waals surface area contributed by atoms with E-state index in [0.29, 0.717) is 6.54 Å². The Morgan fingerprint density at radius 1 is 1.29 bits per heavy atom. The summed E-state index contributed by atoms with van der Waals surface area (Å²) < 4.78 is 0. The molecule has 0 bridgehead atoms. The maximum atomic E-state index is 5.65. The average molecular weight is 232 g/mol. The highest BCUT2D eigenvalue weighted by Gasteiger charge is 2.06. The molecule has 0 saturated carbocycles. The molecule has 0 saturated heterocycles. The molecule has 2 heteroatoms. The molecule has 0 aliphatic carbocycles. The van der Waals surface area contributed by atoms with Crippen molar-refractivity contribution in [2.45, 2.75) is 26.3 Å². The van der Waals surface area contributed by atoms with Gasteiger partial charge in [0.25, 0.3) is 0 Å². The fourth-order valence-corrected chi connectivity index (χ4v) is 2.09. The van der Waals surface area contributed by atoms with Crippen LogP contribution in [0.3, 0.4) is 0 Å². The van der Waals surface area contributed by atoms with Crippen molar-refractivity contribution in [2.24, 2.45) is 5.73 Å². The lowest BCUT2D eigenvalue weighted by atomic mass is 10.0. The molecule has 1 aromatic carbocycles. The number of hydrogen-bond donors (Lipinski definition) is 1. The van der Waals surface area contributed by atoms with E-state index in [1.54, 1.807) is 0 Å². The highest BCUT2D eigenvalue weighted by molar-refractivity contribution is 5.27. The molecule has 0 amide bonds. The maximum Gasteiger partial charge on any atom is 0.0239 e. The number of nitrogens with zero attached hydrogens (tertiary/aromatic N) is 1. The van der Waals surface area contributed by atoms with Gasteiger partial charge in [0.1, 0.15) is 0 Å². The minimum absolute atomic E-state index is 0.715. The van der Waals surface area contributed by atoms with Crippen LogP contribution in [0.2, 0.25) is 0 Å². The monoisotopic (exact) mass is 232 g/mol. The number of rotatable bonds is 8. The quantitative estimate of drug-likeness (QED) is 0.698. The third-order valence-corrected chi connectivity index (χ3v) is 2.85. The van der Waals surface area contributed by atoms with Gasteiger partial charge in [0.05, 0.1) is 0 Å². The van der Waals surface area contributed by atoms with E-state index < -0.39 is 0 Å². The van der Waals surface area contributed by atoms with Crippen LogP contribution in [0.25, 0.3) is 0 Å². The highest BCUT2D eigenvalue weighted by atomic mass is 15.1. The third-order valence-electron chi connectivity index (χ3n) is 2.85. The second-order valence-electron chi connectivity index (χ2n) is 4.33. The Hall–Kier alpha value is -1.12. The highest BCUT2D eigenvalue weighted by Crippen LogP contribution is 2.12. The first-order chi connectivity index (χ1) is 8.31. The van der Waals surface area contributed by atoms with Gasteiger partial charge in [0.15, 0.2) is 0 Å². The normalized spacial score (nSPS) is 10.8. The smallest absolute Gasteiger partial charge is 0.0239 e. The van der Waals surface area contributed by atoms with Gasteiger partial charge in [-0.2, -0.15) is 0 Å². The molecule has 0 aliphatic rings. The van der Waals surface area contributed by atoms with Crippen LogP contribution in [-0.4, -0.2) is 24.5 Å². The standard InChI is InChI=1S/C15H24N2/c1-3-11-17(12-4-2)13-15-8-6-5-7-14(15)9-10-16/h3,5-8H,1,4,9-13,16H2,2H3. The Morgan fingerprint density at radius 3 is 2.59 bits per heavy atom. The van der Waals surface area contributed by atoms with Gasteiger partial charge >= 0.3 is 0 Å². The summed E-state index contributed by atoms with van der Waals surface area (Å²) >= 11 is 0. The van der Waals surface area contributed by atoms with E-state index >= 15 is 0 Å². The van der Waals surface area contributed by atoms with Crippen LogP contribution < -0.4 is 5.73 Å². The minimum atomic E-state index is 0.715. The van der Waals surface area contributed by atoms with Crippen LogP contribution in [0.15, 0.2) is 36.9 Å². The van der Waals surface area contributed by atoms with Crippen molar-refractivity contribution in [3.8, 4) is 0 Å². The summed E-state index contributed by atoms with van der Waals surface area (Å²) in [7, 11) is 0. The Morgan fingerprint density at radius 2 is 2.00 bits per heavy atom. The molecule has 0 radical (unpaired) electrons. The Balaban J connectivity index is 2.72. The van der Waals surface area contributed by atoms with Crippen molar-refractivity contribution in [3.05, 3.63) is 48.0 Å². The van der Waals surface area contributed by atoms with Gasteiger partial charge in [-0.25, -0.2) is 0 Å². The van der Waals surface area contributed by atoms with Crippen LogP contribution in [-0.2, 0) is 13.0 Å². The fraction of sp³-hybridized carbons (Fsp3) is 0.467. The van der Waals surface area contributed by atoms with E-state index in [2.05, 4.69) is 42.7 Å². The van der Waals surface area contributed by atoms with Gasteiger partial charge in [-0.1, -0.05) is 37.3 Å². The SMILES string of the molecule is C=CCN(CCC)Cc1ccccc1CCN. The molecular formula is C15H24N2. The number of hydrogen-bond acceptors (Lipinski definition) is 2. The first-order valence-corrected chi connectivity index (χ1v) is 6.41. The molecule has 17 heavy (non-hydrogen) atoms. The zero-order valence-electron chi connectivity index (χ0n) is 10.9. The zero-order valence-corrected chi connectivity index (χ0v) is 10.9. The molecule has 0 heterocycles. The van der Waals surface area contributed by atoms with Gasteiger partial charge in [0, 0.05) is 13.1 Å². The molecule has 0 spiro atoms. The molecule has 2 nitrogen and oxygen atoms in total. The molecule has 0 aromatic heterocycles. The molecule has 94 valence electrons. The summed E-state index contributed by atoms with van der Waals surface area (Å²) in [4.78, 5) is 2.42. The first kappa shape index (κ1) is 13.9. The summed E-state index contributed by atoms with van der Waals surface area (Å²) in [5, 5.41) is 0. The van der Waals surface area contributed by atoms with Gasteiger partial charge in [-0.05, 0) is 37.1 Å². The van der Waals surface area contributed by atoms with Crippen LogP contribution in [0.1, 0.15) is 24.5 Å². The van der Waals surface area contributed by atoms with Crippen LogP contribution in [0, 0.1) is 0 Å². The van der Waals surface area contributed by atoms with E-state index in [1.807, 2.05) is 6.08 Å². The summed E-state index contributed by atoms with van der Waals surface area (Å²) in [6.07, 6.45) is 4.11. The first-order valence-electron chi connectivity index (χ1n) is 6.41. The Labute approximate surface area is 105 Å². The molecule has 1 aromatic rings. The lowest BCUT2D eigenvalue weighted by Crippen LogP contribution is -2.25. The van der Waals surface area contributed by atoms with Crippen molar-refractivity contribution in [1.82, 2.24) is 4.90 Å². The van der Waals surface area contributed by atoms with Crippen molar-refractivity contribution in [2.75, 3.05) is 19.6 Å². The van der Waals surface area contributed by atoms with E-state index in [9.17, 15) is 0 Å². The van der Waals surface area contributed by atoms with Crippen LogP contribution in [0.4, 0.5) is 0 Å².